The summed E-state index contributed by atoms with van der Waals surface area (Å²) in [5.74, 6) is -3.41. The first kappa shape index (κ1) is 34.3. The first-order valence-corrected chi connectivity index (χ1v) is 16.9. The molecule has 0 unspecified atom stereocenters. The number of hydrogen-bond donors (Lipinski definition) is 4. The normalized spacial score (nSPS) is 25.6. The van der Waals surface area contributed by atoms with Gasteiger partial charge in [-0.25, -0.2) is 4.79 Å². The van der Waals surface area contributed by atoms with Gasteiger partial charge in [-0.05, 0) is 53.4 Å². The molecule has 6 atom stereocenters. The topological polar surface area (TPSA) is 154 Å². The van der Waals surface area contributed by atoms with Gasteiger partial charge in [0.05, 0.1) is 12.7 Å². The molecule has 2 aromatic rings. The van der Waals surface area contributed by atoms with Crippen molar-refractivity contribution in [2.45, 2.75) is 109 Å². The highest BCUT2D eigenvalue weighted by Gasteiger charge is 2.60. The molecule has 2 aliphatic carbocycles. The minimum atomic E-state index is -1.36. The van der Waals surface area contributed by atoms with Crippen LogP contribution < -0.4 is 16.0 Å². The summed E-state index contributed by atoms with van der Waals surface area (Å²) in [7, 11) is 0. The predicted octanol–water partition coefficient (Wildman–Crippen LogP) is 3.53. The minimum Gasteiger partial charge on any atom is -0.479 e. The summed E-state index contributed by atoms with van der Waals surface area (Å²) in [6.07, 6.45) is 4.65. The Kier molecular flexibility index (Phi) is 10.5. The highest BCUT2D eigenvalue weighted by atomic mass is 16.5. The summed E-state index contributed by atoms with van der Waals surface area (Å²) in [4.78, 5) is 67.4. The molecule has 0 aromatic heterocycles. The largest absolute Gasteiger partial charge is 0.479 e. The number of carboxylic acids is 1. The summed E-state index contributed by atoms with van der Waals surface area (Å²) in [6, 6.07) is 11.2. The van der Waals surface area contributed by atoms with E-state index in [0.717, 1.165) is 48.4 Å². The quantitative estimate of drug-likeness (QED) is 0.275. The van der Waals surface area contributed by atoms with E-state index < -0.39 is 53.5 Å². The molecule has 1 heterocycles. The van der Waals surface area contributed by atoms with Gasteiger partial charge in [0.2, 0.25) is 23.6 Å². The maximum absolute atomic E-state index is 14.3. The summed E-state index contributed by atoms with van der Waals surface area (Å²) < 4.78 is 6.33. The van der Waals surface area contributed by atoms with Crippen molar-refractivity contribution in [1.29, 1.82) is 0 Å². The number of rotatable bonds is 12. The third-order valence-electron chi connectivity index (χ3n) is 10.2. The van der Waals surface area contributed by atoms with Crippen molar-refractivity contribution in [1.82, 2.24) is 20.9 Å². The molecule has 2 aromatic carbocycles. The van der Waals surface area contributed by atoms with Crippen molar-refractivity contribution in [2.75, 3.05) is 6.54 Å². The van der Waals surface area contributed by atoms with Crippen molar-refractivity contribution in [3.63, 3.8) is 0 Å². The van der Waals surface area contributed by atoms with Crippen LogP contribution in [0.3, 0.4) is 0 Å². The smallest absolute Gasteiger partial charge is 0.329 e. The number of carbonyl (C=O) groups excluding carboxylic acids is 4. The van der Waals surface area contributed by atoms with E-state index in [9.17, 15) is 29.1 Å². The van der Waals surface area contributed by atoms with Crippen LogP contribution in [0.25, 0.3) is 10.8 Å². The highest BCUT2D eigenvalue weighted by Crippen LogP contribution is 2.43. The Bertz CT molecular complexity index is 1500. The Morgan fingerprint density at radius 3 is 2.32 bits per heavy atom. The van der Waals surface area contributed by atoms with Crippen LogP contribution in [-0.4, -0.2) is 75.9 Å². The lowest BCUT2D eigenvalue weighted by molar-refractivity contribution is -0.146. The molecule has 4 N–H and O–H groups in total. The van der Waals surface area contributed by atoms with E-state index in [-0.39, 0.29) is 43.2 Å². The molecule has 5 rings (SSSR count). The third kappa shape index (κ3) is 7.61. The van der Waals surface area contributed by atoms with Gasteiger partial charge < -0.3 is 30.7 Å². The number of fused-ring (bicyclic) bond motifs is 1. The second-order valence-electron chi connectivity index (χ2n) is 14.0. The van der Waals surface area contributed by atoms with E-state index in [4.69, 9.17) is 4.74 Å². The van der Waals surface area contributed by atoms with Crippen LogP contribution in [-0.2, 0) is 35.3 Å². The van der Waals surface area contributed by atoms with Crippen molar-refractivity contribution < 1.29 is 33.8 Å². The molecule has 4 amide bonds. The summed E-state index contributed by atoms with van der Waals surface area (Å²) in [5.41, 5.74) is -0.380. The third-order valence-corrected chi connectivity index (χ3v) is 10.2. The van der Waals surface area contributed by atoms with Gasteiger partial charge >= 0.3 is 5.97 Å². The second kappa shape index (κ2) is 14.4. The van der Waals surface area contributed by atoms with Crippen LogP contribution in [0.2, 0.25) is 0 Å². The van der Waals surface area contributed by atoms with Gasteiger partial charge in [0.1, 0.15) is 23.7 Å². The van der Waals surface area contributed by atoms with Crippen LogP contribution in [0, 0.1) is 17.8 Å². The molecule has 11 heteroatoms. The molecular formula is C36H48N4O7. The molecule has 0 radical (unpaired) electrons. The molecule has 3 aliphatic rings. The zero-order valence-electron chi connectivity index (χ0n) is 27.8. The van der Waals surface area contributed by atoms with E-state index >= 15 is 0 Å². The molecule has 0 bridgehead atoms. The zero-order chi connectivity index (χ0) is 33.9. The van der Waals surface area contributed by atoms with E-state index in [0.29, 0.717) is 6.42 Å². The lowest BCUT2D eigenvalue weighted by Crippen LogP contribution is -2.60. The van der Waals surface area contributed by atoms with Gasteiger partial charge in [0, 0.05) is 19.9 Å². The number of aliphatic carboxylic acids is 1. The van der Waals surface area contributed by atoms with Crippen molar-refractivity contribution in [2.24, 2.45) is 17.8 Å². The molecule has 254 valence electrons. The summed E-state index contributed by atoms with van der Waals surface area (Å²) in [6.45, 7) is 7.16. The summed E-state index contributed by atoms with van der Waals surface area (Å²) >= 11 is 0. The Labute approximate surface area is 276 Å². The van der Waals surface area contributed by atoms with Gasteiger partial charge in [-0.15, -0.1) is 0 Å². The standard InChI is InChI=1S/C36H48N4O7/c1-21(2)30(38-33(43)31(37-23(4)41)25-12-6-5-7-13-25)34(44)40-19-27(17-29(40)32(42)39-36(35(45)46)18-22(36)3)47-20-26-15-10-14-24-11-8-9-16-28(24)26/h8-11,14-16,21-22,25,27,29-31H,5-7,12-13,17-20H2,1-4H3,(H,37,41)(H,38,43)(H,39,42)(H,45,46)/t22-,27-,29+,30+,31+,36+/m1/s1. The monoisotopic (exact) mass is 648 g/mol. The van der Waals surface area contributed by atoms with Crippen LogP contribution >= 0.6 is 0 Å². The number of ether oxygens (including phenoxy) is 1. The number of benzene rings is 2. The second-order valence-corrected chi connectivity index (χ2v) is 14.0. The zero-order valence-corrected chi connectivity index (χ0v) is 27.8. The first-order valence-electron chi connectivity index (χ1n) is 16.9. The van der Waals surface area contributed by atoms with Gasteiger partial charge in [0.25, 0.3) is 0 Å². The predicted molar refractivity (Wildman–Crippen MR) is 176 cm³/mol. The first-order chi connectivity index (χ1) is 22.4. The fourth-order valence-corrected chi connectivity index (χ4v) is 7.31. The van der Waals surface area contributed by atoms with Gasteiger partial charge in [0.15, 0.2) is 0 Å². The van der Waals surface area contributed by atoms with E-state index in [1.54, 1.807) is 6.92 Å². The number of nitrogens with one attached hydrogen (secondary N) is 3. The number of nitrogens with zero attached hydrogens (tertiary/aromatic N) is 1. The lowest BCUT2D eigenvalue weighted by Gasteiger charge is -2.34. The molecular weight excluding hydrogens is 600 g/mol. The Balaban J connectivity index is 1.36. The number of hydrogen-bond acceptors (Lipinski definition) is 6. The van der Waals surface area contributed by atoms with Crippen molar-refractivity contribution in [3.05, 3.63) is 48.0 Å². The minimum absolute atomic E-state index is 0.0273. The van der Waals surface area contributed by atoms with E-state index in [2.05, 4.69) is 16.0 Å². The molecule has 1 saturated heterocycles. The average Bonchev–Trinajstić information content (AvgIpc) is 3.50. The maximum Gasteiger partial charge on any atom is 0.329 e. The van der Waals surface area contributed by atoms with Gasteiger partial charge in [-0.1, -0.05) is 82.5 Å². The van der Waals surface area contributed by atoms with Crippen LogP contribution in [0.1, 0.15) is 78.2 Å². The SMILES string of the molecule is CC(=O)N[C@H](C(=O)N[C@H](C(=O)N1C[C@H](OCc2cccc3ccccc23)C[C@H]1C(=O)N[C@@]1(C(=O)O)C[C@H]1C)C(C)C)C1CCCCC1. The van der Waals surface area contributed by atoms with Gasteiger partial charge in [-0.2, -0.15) is 0 Å². The van der Waals surface area contributed by atoms with E-state index in [1.807, 2.05) is 56.3 Å². The Morgan fingerprint density at radius 1 is 1.00 bits per heavy atom. The Morgan fingerprint density at radius 2 is 1.68 bits per heavy atom. The number of likely N-dealkylation sites (tertiary alicyclic amines) is 1. The molecule has 0 spiro atoms. The lowest BCUT2D eigenvalue weighted by atomic mass is 9.83. The molecule has 47 heavy (non-hydrogen) atoms. The molecule has 3 fully saturated rings. The maximum atomic E-state index is 14.3. The number of amides is 4. The van der Waals surface area contributed by atoms with Crippen LogP contribution in [0.4, 0.5) is 0 Å². The fourth-order valence-electron chi connectivity index (χ4n) is 7.31. The number of carbonyl (C=O) groups is 5. The fraction of sp³-hybridized carbons (Fsp3) is 0.583. The Hall–Kier alpha value is -3.99. The van der Waals surface area contributed by atoms with E-state index in [1.165, 1.54) is 11.8 Å². The van der Waals surface area contributed by atoms with Gasteiger partial charge in [-0.3, -0.25) is 19.2 Å². The molecule has 11 nitrogen and oxygen atoms in total. The van der Waals surface area contributed by atoms with Crippen molar-refractivity contribution in [3.8, 4) is 0 Å². The van der Waals surface area contributed by atoms with Crippen LogP contribution in [0.15, 0.2) is 42.5 Å². The van der Waals surface area contributed by atoms with Crippen LogP contribution in [0.5, 0.6) is 0 Å². The highest BCUT2D eigenvalue weighted by molar-refractivity contribution is 5.97. The average molecular weight is 649 g/mol. The van der Waals surface area contributed by atoms with Crippen molar-refractivity contribution >= 4 is 40.4 Å². The summed E-state index contributed by atoms with van der Waals surface area (Å²) in [5, 5.41) is 20.5. The number of carboxylic acid groups (broad SMARTS) is 1. The molecule has 1 aliphatic heterocycles. The molecule has 2 saturated carbocycles.